The normalized spacial score (nSPS) is 15.2. The topological polar surface area (TPSA) is 158 Å². The number of nitrogens with zero attached hydrogens (tertiary/aromatic N) is 4. The van der Waals surface area contributed by atoms with Crippen molar-refractivity contribution in [2.45, 2.75) is 6.17 Å². The van der Waals surface area contributed by atoms with Crippen molar-refractivity contribution in [1.29, 1.82) is 0 Å². The monoisotopic (exact) mass is 447 g/mol. The van der Waals surface area contributed by atoms with E-state index >= 15 is 0 Å². The van der Waals surface area contributed by atoms with Gasteiger partial charge in [-0.25, -0.2) is 0 Å². The summed E-state index contributed by atoms with van der Waals surface area (Å²) >= 11 is 0. The summed E-state index contributed by atoms with van der Waals surface area (Å²) in [5, 5.41) is 42.0. The first-order chi connectivity index (χ1) is 15.8. The van der Waals surface area contributed by atoms with Gasteiger partial charge in [0.15, 0.2) is 5.69 Å². The highest BCUT2D eigenvalue weighted by atomic mass is 16.6. The molecule has 1 atom stereocenters. The van der Waals surface area contributed by atoms with Crippen LogP contribution >= 0.6 is 0 Å². The molecule has 0 bridgehead atoms. The molecule has 1 heterocycles. The summed E-state index contributed by atoms with van der Waals surface area (Å²) in [5.41, 5.74) is 1.05. The first-order valence-corrected chi connectivity index (χ1v) is 9.71. The Morgan fingerprint density at radius 2 is 1.82 bits per heavy atom. The van der Waals surface area contributed by atoms with E-state index in [1.807, 2.05) is 0 Å². The van der Waals surface area contributed by atoms with Gasteiger partial charge in [0.2, 0.25) is 0 Å². The predicted molar refractivity (Wildman–Crippen MR) is 117 cm³/mol. The number of carbonyl (C=O) groups is 2. The smallest absolute Gasteiger partial charge is 0.323 e. The van der Waals surface area contributed by atoms with Gasteiger partial charge in [-0.3, -0.25) is 19.7 Å². The van der Waals surface area contributed by atoms with Crippen molar-refractivity contribution in [3.63, 3.8) is 0 Å². The van der Waals surface area contributed by atoms with Gasteiger partial charge in [-0.2, -0.15) is 5.11 Å². The summed E-state index contributed by atoms with van der Waals surface area (Å²) in [6.07, 6.45) is -0.996. The van der Waals surface area contributed by atoms with Gasteiger partial charge < -0.3 is 20.4 Å². The highest BCUT2D eigenvalue weighted by molar-refractivity contribution is 6.02. The van der Waals surface area contributed by atoms with E-state index in [2.05, 4.69) is 15.5 Å². The fraction of sp³-hybridized carbons (Fsp3) is 0.0909. The number of carbonyl (C=O) groups excluding carboxylic acids is 1. The molecule has 1 aliphatic heterocycles. The Balaban J connectivity index is 1.73. The predicted octanol–water partition coefficient (Wildman–Crippen LogP) is 4.37. The van der Waals surface area contributed by atoms with Crippen molar-refractivity contribution in [2.75, 3.05) is 11.9 Å². The third kappa shape index (κ3) is 4.32. The van der Waals surface area contributed by atoms with Crippen LogP contribution in [0.15, 0.2) is 77.0 Å². The van der Waals surface area contributed by atoms with Crippen molar-refractivity contribution in [3.05, 3.63) is 88.0 Å². The third-order valence-electron chi connectivity index (χ3n) is 4.99. The van der Waals surface area contributed by atoms with Crippen LogP contribution < -0.4 is 5.32 Å². The molecule has 3 aromatic rings. The Morgan fingerprint density at radius 1 is 1.09 bits per heavy atom. The number of rotatable bonds is 6. The number of nitrogens with one attached hydrogen (secondary N) is 1. The van der Waals surface area contributed by atoms with Gasteiger partial charge >= 0.3 is 5.97 Å². The van der Waals surface area contributed by atoms with Crippen LogP contribution in [0.25, 0.3) is 0 Å². The van der Waals surface area contributed by atoms with E-state index in [1.165, 1.54) is 36.4 Å². The van der Waals surface area contributed by atoms with Crippen molar-refractivity contribution in [2.24, 2.45) is 10.2 Å². The molecule has 0 aromatic heterocycles. The number of carboxylic acids is 1. The number of nitro groups is 1. The Labute approximate surface area is 186 Å². The number of aliphatic carboxylic acids is 1. The molecule has 1 amide bonds. The quantitative estimate of drug-likeness (QED) is 0.287. The van der Waals surface area contributed by atoms with E-state index in [-0.39, 0.29) is 28.4 Å². The number of hydrogen-bond acceptors (Lipinski definition) is 8. The van der Waals surface area contributed by atoms with Crippen molar-refractivity contribution >= 4 is 34.6 Å². The number of benzene rings is 3. The first kappa shape index (κ1) is 21.4. The van der Waals surface area contributed by atoms with Crippen molar-refractivity contribution < 1.29 is 24.7 Å². The van der Waals surface area contributed by atoms with Gasteiger partial charge in [-0.1, -0.05) is 24.3 Å². The summed E-state index contributed by atoms with van der Waals surface area (Å²) in [6.45, 7) is -0.605. The number of phenols is 1. The Hall–Kier alpha value is -4.80. The Morgan fingerprint density at radius 3 is 2.58 bits per heavy atom. The van der Waals surface area contributed by atoms with Crippen LogP contribution in [-0.4, -0.2) is 38.5 Å². The molecule has 11 heteroatoms. The van der Waals surface area contributed by atoms with E-state index in [0.717, 1.165) is 4.90 Å². The summed E-state index contributed by atoms with van der Waals surface area (Å²) in [6, 6.07) is 16.7. The lowest BCUT2D eigenvalue weighted by Gasteiger charge is -2.37. The van der Waals surface area contributed by atoms with Crippen LogP contribution in [0.4, 0.5) is 22.7 Å². The number of amides is 1. The standard InChI is InChI=1S/C22H17N5O6/c28-19-10-9-13(24-25-17-7-3-4-8-18(17)27(32)33)11-15(19)21-23-16-6-2-1-5-14(16)22(31)26(21)12-20(29)30/h1-11,21,23,28H,12H2,(H,29,30). The van der Waals surface area contributed by atoms with E-state index < -0.39 is 29.5 Å². The zero-order valence-electron chi connectivity index (χ0n) is 17.0. The summed E-state index contributed by atoms with van der Waals surface area (Å²) < 4.78 is 0. The maximum atomic E-state index is 13.0. The number of para-hydroxylation sites is 2. The molecular formula is C22H17N5O6. The highest BCUT2D eigenvalue weighted by Crippen LogP contribution is 2.38. The Bertz CT molecular complexity index is 1290. The van der Waals surface area contributed by atoms with Gasteiger partial charge in [-0.05, 0) is 36.4 Å². The van der Waals surface area contributed by atoms with E-state index in [1.54, 1.807) is 30.3 Å². The molecule has 0 saturated carbocycles. The molecule has 3 N–H and O–H groups in total. The number of azo groups is 1. The summed E-state index contributed by atoms with van der Waals surface area (Å²) in [7, 11) is 0. The molecule has 0 spiro atoms. The molecule has 0 radical (unpaired) electrons. The second kappa shape index (κ2) is 8.75. The van der Waals surface area contributed by atoms with Crippen LogP contribution in [0.3, 0.4) is 0 Å². The third-order valence-corrected chi connectivity index (χ3v) is 4.99. The number of hydrogen-bond donors (Lipinski definition) is 3. The fourth-order valence-electron chi connectivity index (χ4n) is 3.48. The second-order valence-electron chi connectivity index (χ2n) is 7.11. The van der Waals surface area contributed by atoms with Gasteiger partial charge in [0.25, 0.3) is 11.6 Å². The van der Waals surface area contributed by atoms with Crippen LogP contribution in [0.1, 0.15) is 22.1 Å². The van der Waals surface area contributed by atoms with Crippen molar-refractivity contribution in [3.8, 4) is 5.75 Å². The molecule has 1 unspecified atom stereocenters. The lowest BCUT2D eigenvalue weighted by molar-refractivity contribution is -0.384. The number of anilines is 1. The fourth-order valence-corrected chi connectivity index (χ4v) is 3.48. The Kier molecular flexibility index (Phi) is 5.68. The molecule has 33 heavy (non-hydrogen) atoms. The minimum Gasteiger partial charge on any atom is -0.508 e. The molecule has 4 rings (SSSR count). The van der Waals surface area contributed by atoms with Crippen LogP contribution in [0.2, 0.25) is 0 Å². The summed E-state index contributed by atoms with van der Waals surface area (Å²) in [4.78, 5) is 36.1. The highest BCUT2D eigenvalue weighted by Gasteiger charge is 2.35. The zero-order valence-corrected chi connectivity index (χ0v) is 17.0. The number of carboxylic acid groups (broad SMARTS) is 1. The molecular weight excluding hydrogens is 430 g/mol. The SMILES string of the molecule is O=C(O)CN1C(=O)c2ccccc2NC1c1cc(N=Nc2ccccc2[N+](=O)[O-])ccc1O. The van der Waals surface area contributed by atoms with E-state index in [4.69, 9.17) is 0 Å². The lowest BCUT2D eigenvalue weighted by atomic mass is 10.0. The van der Waals surface area contributed by atoms with Gasteiger partial charge in [0.1, 0.15) is 18.5 Å². The van der Waals surface area contributed by atoms with Gasteiger partial charge in [0, 0.05) is 17.3 Å². The molecule has 3 aromatic carbocycles. The minimum absolute atomic E-state index is 0.0459. The minimum atomic E-state index is -1.22. The average Bonchev–Trinajstić information content (AvgIpc) is 2.80. The maximum Gasteiger partial charge on any atom is 0.323 e. The molecule has 11 nitrogen and oxygen atoms in total. The largest absolute Gasteiger partial charge is 0.508 e. The van der Waals surface area contributed by atoms with Gasteiger partial charge in [0.05, 0.1) is 16.2 Å². The number of aromatic hydroxyl groups is 1. The van der Waals surface area contributed by atoms with Crippen LogP contribution in [0, 0.1) is 10.1 Å². The van der Waals surface area contributed by atoms with E-state index in [0.29, 0.717) is 11.3 Å². The van der Waals surface area contributed by atoms with Crippen molar-refractivity contribution in [1.82, 2.24) is 4.90 Å². The lowest BCUT2D eigenvalue weighted by Crippen LogP contribution is -2.45. The number of phenolic OH excluding ortho intramolecular Hbond substituents is 1. The van der Waals surface area contributed by atoms with Crippen LogP contribution in [0.5, 0.6) is 5.75 Å². The average molecular weight is 447 g/mol. The van der Waals surface area contributed by atoms with Gasteiger partial charge in [-0.15, -0.1) is 5.11 Å². The van der Waals surface area contributed by atoms with E-state index in [9.17, 15) is 29.9 Å². The number of fused-ring (bicyclic) bond motifs is 1. The number of nitro benzene ring substituents is 1. The van der Waals surface area contributed by atoms with Crippen LogP contribution in [-0.2, 0) is 4.79 Å². The molecule has 166 valence electrons. The molecule has 0 fully saturated rings. The molecule has 0 aliphatic carbocycles. The maximum absolute atomic E-state index is 13.0. The summed E-state index contributed by atoms with van der Waals surface area (Å²) in [5.74, 6) is -1.93. The molecule has 0 saturated heterocycles. The molecule has 1 aliphatic rings. The second-order valence-corrected chi connectivity index (χ2v) is 7.11. The first-order valence-electron chi connectivity index (χ1n) is 9.71. The zero-order chi connectivity index (χ0) is 23.5.